The summed E-state index contributed by atoms with van der Waals surface area (Å²) >= 11 is 5.04. The summed E-state index contributed by atoms with van der Waals surface area (Å²) in [6, 6.07) is 0. The number of nitrogens with zero attached hydrogens (tertiary/aromatic N) is 2. The highest BCUT2D eigenvalue weighted by Crippen LogP contribution is 2.10. The molecule has 0 amide bonds. The molecule has 0 aromatic carbocycles. The highest BCUT2D eigenvalue weighted by molar-refractivity contribution is 7.80. The van der Waals surface area contributed by atoms with Gasteiger partial charge in [-0.2, -0.15) is 0 Å². The maximum absolute atomic E-state index is 5.04. The molecule has 2 aliphatic heterocycles. The van der Waals surface area contributed by atoms with Crippen molar-refractivity contribution in [3.8, 4) is 0 Å². The molecule has 0 bridgehead atoms. The van der Waals surface area contributed by atoms with Crippen LogP contribution in [0.2, 0.25) is 0 Å². The maximum atomic E-state index is 5.04. The fourth-order valence-electron chi connectivity index (χ4n) is 0.999. The molecule has 0 aliphatic carbocycles. The molecule has 2 nitrogen and oxygen atoms in total. The number of allylic oxidation sites excluding steroid dienone is 2. The summed E-state index contributed by atoms with van der Waals surface area (Å²) in [5.74, 6) is 0.965. The molecule has 0 aromatic heterocycles. The summed E-state index contributed by atoms with van der Waals surface area (Å²) < 4.78 is 0. The molecule has 0 radical (unpaired) electrons. The zero-order chi connectivity index (χ0) is 6.97. The molecular weight excluding hydrogens is 144 g/mol. The Morgan fingerprint density at radius 2 is 2.40 bits per heavy atom. The zero-order valence-electron chi connectivity index (χ0n) is 5.32. The Balaban J connectivity index is 2.39. The normalized spacial score (nSPS) is 21.4. The van der Waals surface area contributed by atoms with Gasteiger partial charge >= 0.3 is 0 Å². The molecule has 3 heteroatoms. The third kappa shape index (κ3) is 0.708. The maximum Gasteiger partial charge on any atom is 0.132 e. The van der Waals surface area contributed by atoms with Gasteiger partial charge in [0.1, 0.15) is 10.8 Å². The van der Waals surface area contributed by atoms with Crippen molar-refractivity contribution < 1.29 is 0 Å². The second-order valence-corrected chi connectivity index (χ2v) is 2.61. The van der Waals surface area contributed by atoms with E-state index in [4.69, 9.17) is 12.2 Å². The summed E-state index contributed by atoms with van der Waals surface area (Å²) in [7, 11) is 0. The first kappa shape index (κ1) is 5.80. The number of amidine groups is 1. The molecule has 10 heavy (non-hydrogen) atoms. The summed E-state index contributed by atoms with van der Waals surface area (Å²) in [5.41, 5.74) is 0. The van der Waals surface area contributed by atoms with Crippen molar-refractivity contribution in [2.24, 2.45) is 4.99 Å². The number of rotatable bonds is 0. The van der Waals surface area contributed by atoms with Crippen LogP contribution in [-0.4, -0.2) is 22.3 Å². The van der Waals surface area contributed by atoms with Crippen molar-refractivity contribution in [1.29, 1.82) is 0 Å². The molecule has 0 aromatic rings. The van der Waals surface area contributed by atoms with Crippen LogP contribution < -0.4 is 0 Å². The van der Waals surface area contributed by atoms with Gasteiger partial charge in [-0.25, -0.2) is 0 Å². The minimum atomic E-state index is 0.666. The molecule has 0 saturated carbocycles. The van der Waals surface area contributed by atoms with Crippen LogP contribution in [0.4, 0.5) is 0 Å². The van der Waals surface area contributed by atoms with Crippen molar-refractivity contribution in [2.75, 3.05) is 6.54 Å². The molecule has 2 rings (SSSR count). The zero-order valence-corrected chi connectivity index (χ0v) is 6.14. The lowest BCUT2D eigenvalue weighted by Gasteiger charge is -2.14. The first-order valence-electron chi connectivity index (χ1n) is 3.09. The molecule has 0 N–H and O–H groups in total. The number of hydrogen-bond acceptors (Lipinski definition) is 2. The van der Waals surface area contributed by atoms with Gasteiger partial charge in [0.25, 0.3) is 0 Å². The van der Waals surface area contributed by atoms with E-state index in [1.165, 1.54) is 0 Å². The van der Waals surface area contributed by atoms with Crippen LogP contribution in [0.5, 0.6) is 0 Å². The fraction of sp³-hybridized carbons (Fsp3) is 0.143. The van der Waals surface area contributed by atoms with Crippen LogP contribution in [0, 0.1) is 0 Å². The highest BCUT2D eigenvalue weighted by atomic mass is 32.1. The van der Waals surface area contributed by atoms with E-state index in [9.17, 15) is 0 Å². The van der Waals surface area contributed by atoms with Crippen LogP contribution in [0.15, 0.2) is 29.4 Å². The smallest absolute Gasteiger partial charge is 0.132 e. The number of fused-ring (bicyclic) bond motifs is 1. The fourth-order valence-corrected chi connectivity index (χ4v) is 1.22. The van der Waals surface area contributed by atoms with Crippen LogP contribution in [-0.2, 0) is 0 Å². The van der Waals surface area contributed by atoms with Crippen LogP contribution in [0.3, 0.4) is 0 Å². The van der Waals surface area contributed by atoms with Crippen LogP contribution in [0.25, 0.3) is 0 Å². The standard InChI is InChI=1S/C7H6N2S/c10-7-5-8-6-3-1-2-4-9(6)7/h1-4H,5H2. The van der Waals surface area contributed by atoms with E-state index in [1.54, 1.807) is 0 Å². The second-order valence-electron chi connectivity index (χ2n) is 2.14. The topological polar surface area (TPSA) is 15.6 Å². The molecule has 0 atom stereocenters. The van der Waals surface area contributed by atoms with Gasteiger partial charge in [0.05, 0.1) is 6.54 Å². The largest absolute Gasteiger partial charge is 0.294 e. The number of hydrogen-bond donors (Lipinski definition) is 0. The van der Waals surface area contributed by atoms with Gasteiger partial charge in [-0.15, -0.1) is 0 Å². The lowest BCUT2D eigenvalue weighted by Crippen LogP contribution is -2.25. The Morgan fingerprint density at radius 1 is 1.50 bits per heavy atom. The predicted molar refractivity (Wildman–Crippen MR) is 45.0 cm³/mol. The molecule has 2 heterocycles. The van der Waals surface area contributed by atoms with E-state index in [-0.39, 0.29) is 0 Å². The van der Waals surface area contributed by atoms with E-state index < -0.39 is 0 Å². The van der Waals surface area contributed by atoms with Gasteiger partial charge in [0.2, 0.25) is 0 Å². The van der Waals surface area contributed by atoms with E-state index >= 15 is 0 Å². The molecule has 0 spiro atoms. The molecular formula is C7H6N2S. The SMILES string of the molecule is S=C1CN=C2C=CC=CN12. The van der Waals surface area contributed by atoms with E-state index in [1.807, 2.05) is 29.3 Å². The van der Waals surface area contributed by atoms with Crippen molar-refractivity contribution in [2.45, 2.75) is 0 Å². The molecule has 0 fully saturated rings. The Bertz CT molecular complexity index is 263. The van der Waals surface area contributed by atoms with E-state index in [0.717, 1.165) is 10.8 Å². The third-order valence-corrected chi connectivity index (χ3v) is 1.81. The summed E-state index contributed by atoms with van der Waals surface area (Å²) in [5, 5.41) is 0. The Hall–Kier alpha value is -0.960. The summed E-state index contributed by atoms with van der Waals surface area (Å²) in [6.07, 6.45) is 7.81. The van der Waals surface area contributed by atoms with E-state index in [0.29, 0.717) is 6.54 Å². The van der Waals surface area contributed by atoms with Crippen molar-refractivity contribution in [3.63, 3.8) is 0 Å². The Kier molecular flexibility index (Phi) is 1.17. The Labute approximate surface area is 64.6 Å². The average Bonchev–Trinajstić information content (AvgIpc) is 2.34. The van der Waals surface area contributed by atoms with Gasteiger partial charge in [-0.1, -0.05) is 18.3 Å². The van der Waals surface area contributed by atoms with Crippen molar-refractivity contribution in [1.82, 2.24) is 4.90 Å². The Morgan fingerprint density at radius 3 is 3.20 bits per heavy atom. The van der Waals surface area contributed by atoms with Crippen LogP contribution in [0.1, 0.15) is 0 Å². The molecule has 0 saturated heterocycles. The monoisotopic (exact) mass is 150 g/mol. The first-order valence-corrected chi connectivity index (χ1v) is 3.50. The lowest BCUT2D eigenvalue weighted by molar-refractivity contribution is 0.866. The minimum absolute atomic E-state index is 0.666. The second kappa shape index (κ2) is 2.02. The van der Waals surface area contributed by atoms with Gasteiger partial charge in [0.15, 0.2) is 0 Å². The minimum Gasteiger partial charge on any atom is -0.294 e. The highest BCUT2D eigenvalue weighted by Gasteiger charge is 2.18. The first-order chi connectivity index (χ1) is 4.88. The van der Waals surface area contributed by atoms with Gasteiger partial charge in [-0.05, 0) is 12.2 Å². The lowest BCUT2D eigenvalue weighted by atomic mass is 10.3. The summed E-state index contributed by atoms with van der Waals surface area (Å²) in [6.45, 7) is 0.666. The quantitative estimate of drug-likeness (QED) is 0.481. The van der Waals surface area contributed by atoms with Gasteiger partial charge < -0.3 is 0 Å². The van der Waals surface area contributed by atoms with Crippen molar-refractivity contribution >= 4 is 23.0 Å². The van der Waals surface area contributed by atoms with Gasteiger partial charge in [0, 0.05) is 6.20 Å². The molecule has 0 unspecified atom stereocenters. The number of thiocarbonyl (C=S) groups is 1. The van der Waals surface area contributed by atoms with Crippen LogP contribution >= 0.6 is 12.2 Å². The van der Waals surface area contributed by atoms with Crippen molar-refractivity contribution in [3.05, 3.63) is 24.4 Å². The van der Waals surface area contributed by atoms with Gasteiger partial charge in [-0.3, -0.25) is 9.89 Å². The van der Waals surface area contributed by atoms with E-state index in [2.05, 4.69) is 4.99 Å². The molecule has 2 aliphatic rings. The third-order valence-electron chi connectivity index (χ3n) is 1.48. The summed E-state index contributed by atoms with van der Waals surface area (Å²) in [4.78, 5) is 7.01. The average molecular weight is 150 g/mol. The predicted octanol–water partition coefficient (Wildman–Crippen LogP) is 1.11. The molecule has 50 valence electrons. The number of aliphatic imine (C=N–C) groups is 1.